The lowest BCUT2D eigenvalue weighted by Crippen LogP contribution is -2.45. The molecule has 7 heteroatoms. The molecule has 0 spiro atoms. The SMILES string of the molecule is CCS(=O)(=O)N1CCC(NCc2nccs2)CC1. The van der Waals surface area contributed by atoms with Crippen LogP contribution in [0.4, 0.5) is 0 Å². The van der Waals surface area contributed by atoms with Gasteiger partial charge in [0.25, 0.3) is 0 Å². The maximum Gasteiger partial charge on any atom is 0.213 e. The van der Waals surface area contributed by atoms with Crippen LogP contribution in [0.25, 0.3) is 0 Å². The topological polar surface area (TPSA) is 62.3 Å². The first-order chi connectivity index (χ1) is 8.62. The lowest BCUT2D eigenvalue weighted by atomic mass is 10.1. The van der Waals surface area contributed by atoms with Gasteiger partial charge in [-0.3, -0.25) is 0 Å². The number of sulfonamides is 1. The second-order valence-corrected chi connectivity index (χ2v) is 7.62. The van der Waals surface area contributed by atoms with E-state index in [1.165, 1.54) is 0 Å². The van der Waals surface area contributed by atoms with E-state index < -0.39 is 10.0 Å². The summed E-state index contributed by atoms with van der Waals surface area (Å²) >= 11 is 1.64. The minimum Gasteiger partial charge on any atom is -0.308 e. The van der Waals surface area contributed by atoms with Gasteiger partial charge in [-0.05, 0) is 19.8 Å². The molecule has 0 aliphatic carbocycles. The number of rotatable bonds is 5. The Morgan fingerprint density at radius 1 is 1.50 bits per heavy atom. The summed E-state index contributed by atoms with van der Waals surface area (Å²) in [6, 6.07) is 0.400. The number of piperidine rings is 1. The zero-order valence-electron chi connectivity index (χ0n) is 10.5. The highest BCUT2D eigenvalue weighted by Gasteiger charge is 2.26. The molecule has 0 amide bonds. The summed E-state index contributed by atoms with van der Waals surface area (Å²) < 4.78 is 25.0. The highest BCUT2D eigenvalue weighted by Crippen LogP contribution is 2.15. The molecule has 5 nitrogen and oxygen atoms in total. The Kier molecular flexibility index (Phi) is 4.71. The highest BCUT2D eigenvalue weighted by atomic mass is 32.2. The van der Waals surface area contributed by atoms with Gasteiger partial charge in [0.1, 0.15) is 5.01 Å². The molecule has 18 heavy (non-hydrogen) atoms. The van der Waals surface area contributed by atoms with Gasteiger partial charge in [0, 0.05) is 37.3 Å². The molecule has 0 saturated carbocycles. The summed E-state index contributed by atoms with van der Waals surface area (Å²) in [4.78, 5) is 4.22. The van der Waals surface area contributed by atoms with Crippen molar-refractivity contribution >= 4 is 21.4 Å². The number of hydrogen-bond donors (Lipinski definition) is 1. The molecule has 1 aliphatic heterocycles. The molecule has 0 atom stereocenters. The van der Waals surface area contributed by atoms with E-state index in [4.69, 9.17) is 0 Å². The molecule has 0 aromatic carbocycles. The normalized spacial score (nSPS) is 19.2. The quantitative estimate of drug-likeness (QED) is 0.880. The first kappa shape index (κ1) is 13.9. The zero-order valence-corrected chi connectivity index (χ0v) is 12.1. The number of thiazole rings is 1. The van der Waals surface area contributed by atoms with Crippen LogP contribution in [0.5, 0.6) is 0 Å². The molecule has 0 unspecified atom stereocenters. The molecule has 1 fully saturated rings. The van der Waals surface area contributed by atoms with E-state index in [1.54, 1.807) is 28.8 Å². The second kappa shape index (κ2) is 6.10. The van der Waals surface area contributed by atoms with E-state index in [1.807, 2.05) is 5.38 Å². The van der Waals surface area contributed by atoms with Crippen molar-refractivity contribution in [2.45, 2.75) is 32.4 Å². The molecule has 0 radical (unpaired) electrons. The van der Waals surface area contributed by atoms with Crippen molar-refractivity contribution < 1.29 is 8.42 Å². The van der Waals surface area contributed by atoms with Gasteiger partial charge in [-0.1, -0.05) is 0 Å². The van der Waals surface area contributed by atoms with Crippen molar-refractivity contribution in [2.75, 3.05) is 18.8 Å². The van der Waals surface area contributed by atoms with Crippen molar-refractivity contribution in [1.82, 2.24) is 14.6 Å². The van der Waals surface area contributed by atoms with E-state index >= 15 is 0 Å². The Morgan fingerprint density at radius 2 is 2.22 bits per heavy atom. The second-order valence-electron chi connectivity index (χ2n) is 4.38. The number of nitrogens with one attached hydrogen (secondary N) is 1. The van der Waals surface area contributed by atoms with Crippen LogP contribution in [0.2, 0.25) is 0 Å². The zero-order chi connectivity index (χ0) is 13.0. The Labute approximate surface area is 112 Å². The van der Waals surface area contributed by atoms with Crippen LogP contribution in [0, 0.1) is 0 Å². The van der Waals surface area contributed by atoms with Gasteiger partial charge in [-0.2, -0.15) is 0 Å². The summed E-state index contributed by atoms with van der Waals surface area (Å²) in [5.41, 5.74) is 0. The molecule has 1 N–H and O–H groups in total. The van der Waals surface area contributed by atoms with Crippen molar-refractivity contribution in [1.29, 1.82) is 0 Å². The van der Waals surface area contributed by atoms with Crippen LogP contribution in [-0.4, -0.2) is 42.6 Å². The van der Waals surface area contributed by atoms with Crippen LogP contribution in [-0.2, 0) is 16.6 Å². The molecule has 1 saturated heterocycles. The van der Waals surface area contributed by atoms with Crippen LogP contribution in [0.3, 0.4) is 0 Å². The van der Waals surface area contributed by atoms with Gasteiger partial charge in [0.05, 0.1) is 5.75 Å². The predicted octanol–water partition coefficient (Wildman–Crippen LogP) is 1.05. The molecule has 2 heterocycles. The van der Waals surface area contributed by atoms with E-state index in [2.05, 4.69) is 10.3 Å². The maximum absolute atomic E-state index is 11.7. The lowest BCUT2D eigenvalue weighted by molar-refractivity contribution is 0.289. The lowest BCUT2D eigenvalue weighted by Gasteiger charge is -2.31. The van der Waals surface area contributed by atoms with Gasteiger partial charge in [-0.25, -0.2) is 17.7 Å². The van der Waals surface area contributed by atoms with Crippen LogP contribution in [0.15, 0.2) is 11.6 Å². The van der Waals surface area contributed by atoms with Crippen LogP contribution in [0.1, 0.15) is 24.8 Å². The fourth-order valence-electron chi connectivity index (χ4n) is 2.09. The molecule has 102 valence electrons. The predicted molar refractivity (Wildman–Crippen MR) is 73.0 cm³/mol. The van der Waals surface area contributed by atoms with Crippen LogP contribution < -0.4 is 5.32 Å². The third kappa shape index (κ3) is 3.50. The average molecular weight is 289 g/mol. The van der Waals surface area contributed by atoms with Gasteiger partial charge < -0.3 is 5.32 Å². The van der Waals surface area contributed by atoms with Crippen molar-refractivity contribution in [3.8, 4) is 0 Å². The van der Waals surface area contributed by atoms with E-state index in [0.717, 1.165) is 24.4 Å². The first-order valence-corrected chi connectivity index (χ1v) is 8.70. The molecule has 1 aromatic rings. The standard InChI is InChI=1S/C11H19N3O2S2/c1-2-18(15,16)14-6-3-10(4-7-14)13-9-11-12-5-8-17-11/h5,8,10,13H,2-4,6-7,9H2,1H3. The molecule has 1 aliphatic rings. The smallest absolute Gasteiger partial charge is 0.213 e. The van der Waals surface area contributed by atoms with Crippen molar-refractivity contribution in [3.63, 3.8) is 0 Å². The largest absolute Gasteiger partial charge is 0.308 e. The van der Waals surface area contributed by atoms with Crippen molar-refractivity contribution in [2.24, 2.45) is 0 Å². The molecule has 0 bridgehead atoms. The van der Waals surface area contributed by atoms with E-state index in [0.29, 0.717) is 19.1 Å². The third-order valence-corrected chi connectivity index (χ3v) is 5.90. The molecule has 2 rings (SSSR count). The number of hydrogen-bond acceptors (Lipinski definition) is 5. The Bertz CT molecular complexity index is 451. The number of aromatic nitrogens is 1. The third-order valence-electron chi connectivity index (χ3n) is 3.24. The van der Waals surface area contributed by atoms with Gasteiger partial charge >= 0.3 is 0 Å². The summed E-state index contributed by atoms with van der Waals surface area (Å²) in [6.45, 7) is 3.74. The summed E-state index contributed by atoms with van der Waals surface area (Å²) in [5.74, 6) is 0.199. The van der Waals surface area contributed by atoms with Crippen molar-refractivity contribution in [3.05, 3.63) is 16.6 Å². The van der Waals surface area contributed by atoms with Gasteiger partial charge in [-0.15, -0.1) is 11.3 Å². The molecule has 1 aromatic heterocycles. The van der Waals surface area contributed by atoms with Crippen LogP contribution >= 0.6 is 11.3 Å². The minimum absolute atomic E-state index is 0.199. The molecular formula is C11H19N3O2S2. The first-order valence-electron chi connectivity index (χ1n) is 6.21. The molecular weight excluding hydrogens is 270 g/mol. The van der Waals surface area contributed by atoms with E-state index in [9.17, 15) is 8.42 Å². The number of nitrogens with zero attached hydrogens (tertiary/aromatic N) is 2. The maximum atomic E-state index is 11.7. The fraction of sp³-hybridized carbons (Fsp3) is 0.727. The monoisotopic (exact) mass is 289 g/mol. The summed E-state index contributed by atoms with van der Waals surface area (Å²) in [6.07, 6.45) is 3.56. The Hall–Kier alpha value is -0.500. The fourth-order valence-corrected chi connectivity index (χ4v) is 3.79. The Balaban J connectivity index is 1.77. The van der Waals surface area contributed by atoms with E-state index in [-0.39, 0.29) is 5.75 Å². The summed E-state index contributed by atoms with van der Waals surface area (Å²) in [5, 5.41) is 6.49. The highest BCUT2D eigenvalue weighted by molar-refractivity contribution is 7.89. The average Bonchev–Trinajstić information content (AvgIpc) is 2.90. The van der Waals surface area contributed by atoms with Gasteiger partial charge in [0.15, 0.2) is 0 Å². The summed E-state index contributed by atoms with van der Waals surface area (Å²) in [7, 11) is -3.01. The minimum atomic E-state index is -3.01. The Morgan fingerprint density at radius 3 is 2.78 bits per heavy atom. The van der Waals surface area contributed by atoms with Gasteiger partial charge in [0.2, 0.25) is 10.0 Å².